The molecule has 1 atom stereocenters. The van der Waals surface area contributed by atoms with Crippen LogP contribution in [0.25, 0.3) is 0 Å². The van der Waals surface area contributed by atoms with Crippen LogP contribution < -0.4 is 10.2 Å². The zero-order valence-corrected chi connectivity index (χ0v) is 10.2. The van der Waals surface area contributed by atoms with Crippen LogP contribution in [0.4, 0.5) is 5.82 Å². The predicted molar refractivity (Wildman–Crippen MR) is 67.8 cm³/mol. The molecule has 2 rings (SSSR count). The van der Waals surface area contributed by atoms with Crippen molar-refractivity contribution >= 4 is 5.82 Å². The molecule has 16 heavy (non-hydrogen) atoms. The maximum Gasteiger partial charge on any atom is 0.128 e. The number of nitrogens with one attached hydrogen (secondary N) is 1. The first kappa shape index (κ1) is 11.4. The normalized spacial score (nSPS) is 20.8. The van der Waals surface area contributed by atoms with Gasteiger partial charge in [0.1, 0.15) is 5.82 Å². The van der Waals surface area contributed by atoms with Crippen LogP contribution in [0.5, 0.6) is 0 Å². The van der Waals surface area contributed by atoms with Gasteiger partial charge in [-0.25, -0.2) is 4.98 Å². The number of hydrogen-bond donors (Lipinski definition) is 1. The molecule has 1 aromatic heterocycles. The monoisotopic (exact) mass is 219 g/mol. The zero-order valence-electron chi connectivity index (χ0n) is 10.2. The zero-order chi connectivity index (χ0) is 11.4. The topological polar surface area (TPSA) is 28.2 Å². The average molecular weight is 219 g/mol. The van der Waals surface area contributed by atoms with Crippen LogP contribution in [-0.2, 0) is 0 Å². The lowest BCUT2D eigenvalue weighted by Crippen LogP contribution is -2.37. The van der Waals surface area contributed by atoms with Crippen LogP contribution in [0.3, 0.4) is 0 Å². The minimum Gasteiger partial charge on any atom is -0.359 e. The molecule has 3 nitrogen and oxygen atoms in total. The summed E-state index contributed by atoms with van der Waals surface area (Å²) in [5, 5.41) is 3.45. The van der Waals surface area contributed by atoms with Crippen molar-refractivity contribution in [2.75, 3.05) is 31.6 Å². The van der Waals surface area contributed by atoms with Gasteiger partial charge in [-0.1, -0.05) is 6.07 Å². The van der Waals surface area contributed by atoms with Crippen molar-refractivity contribution in [2.45, 2.75) is 19.8 Å². The van der Waals surface area contributed by atoms with Crippen LogP contribution >= 0.6 is 0 Å². The number of aryl methyl sites for hydroxylation is 1. The molecule has 0 spiro atoms. The van der Waals surface area contributed by atoms with Crippen molar-refractivity contribution in [1.82, 2.24) is 10.3 Å². The molecule has 0 amide bonds. The lowest BCUT2D eigenvalue weighted by molar-refractivity contribution is 0.380. The smallest absolute Gasteiger partial charge is 0.128 e. The summed E-state index contributed by atoms with van der Waals surface area (Å²) in [6.07, 6.45) is 4.58. The van der Waals surface area contributed by atoms with Crippen LogP contribution in [0, 0.1) is 12.8 Å². The number of rotatable bonds is 3. The molecule has 1 aliphatic rings. The quantitative estimate of drug-likeness (QED) is 0.840. The fourth-order valence-corrected chi connectivity index (χ4v) is 2.25. The molecule has 0 bridgehead atoms. The number of hydrogen-bond acceptors (Lipinski definition) is 3. The average Bonchev–Trinajstić information content (AvgIpc) is 2.31. The number of aromatic nitrogens is 1. The van der Waals surface area contributed by atoms with E-state index in [1.165, 1.54) is 24.9 Å². The van der Waals surface area contributed by atoms with E-state index in [9.17, 15) is 0 Å². The Labute approximate surface area is 97.9 Å². The summed E-state index contributed by atoms with van der Waals surface area (Å²) in [5.41, 5.74) is 1.22. The first-order chi connectivity index (χ1) is 7.75. The van der Waals surface area contributed by atoms with Gasteiger partial charge in [-0.15, -0.1) is 0 Å². The van der Waals surface area contributed by atoms with Gasteiger partial charge in [0.05, 0.1) is 0 Å². The molecular formula is C13H21N3. The van der Waals surface area contributed by atoms with E-state index in [1.807, 2.05) is 6.20 Å². The molecule has 88 valence electrons. The Morgan fingerprint density at radius 1 is 1.50 bits per heavy atom. The highest BCUT2D eigenvalue weighted by Crippen LogP contribution is 2.15. The molecule has 2 heterocycles. The molecule has 0 saturated carbocycles. The number of pyridine rings is 1. The van der Waals surface area contributed by atoms with Crippen LogP contribution in [0.2, 0.25) is 0 Å². The maximum atomic E-state index is 4.45. The van der Waals surface area contributed by atoms with Gasteiger partial charge >= 0.3 is 0 Å². The van der Waals surface area contributed by atoms with Crippen LogP contribution in [-0.4, -0.2) is 31.7 Å². The Morgan fingerprint density at radius 3 is 3.00 bits per heavy atom. The summed E-state index contributed by atoms with van der Waals surface area (Å²) in [7, 11) is 2.13. The van der Waals surface area contributed by atoms with Crippen molar-refractivity contribution < 1.29 is 0 Å². The van der Waals surface area contributed by atoms with Crippen molar-refractivity contribution in [1.29, 1.82) is 0 Å². The molecule has 0 aliphatic carbocycles. The van der Waals surface area contributed by atoms with Crippen molar-refractivity contribution in [3.8, 4) is 0 Å². The Balaban J connectivity index is 1.91. The van der Waals surface area contributed by atoms with Gasteiger partial charge in [0.15, 0.2) is 0 Å². The maximum absolute atomic E-state index is 4.45. The molecule has 3 heteroatoms. The van der Waals surface area contributed by atoms with E-state index < -0.39 is 0 Å². The molecule has 1 aromatic rings. The lowest BCUT2D eigenvalue weighted by atomic mass is 9.99. The summed E-state index contributed by atoms with van der Waals surface area (Å²) < 4.78 is 0. The summed E-state index contributed by atoms with van der Waals surface area (Å²) in [5.74, 6) is 1.85. The Hall–Kier alpha value is -1.09. The highest BCUT2D eigenvalue weighted by molar-refractivity contribution is 5.38. The van der Waals surface area contributed by atoms with Crippen molar-refractivity contribution in [3.63, 3.8) is 0 Å². The number of piperidine rings is 1. The van der Waals surface area contributed by atoms with Gasteiger partial charge in [-0.05, 0) is 50.4 Å². The number of nitrogens with zero attached hydrogens (tertiary/aromatic N) is 2. The first-order valence-electron chi connectivity index (χ1n) is 6.10. The highest BCUT2D eigenvalue weighted by atomic mass is 15.2. The molecule has 1 N–H and O–H groups in total. The third kappa shape index (κ3) is 2.95. The SMILES string of the molecule is Cc1ccc(N(C)C[C@H]2CCCNC2)nc1. The Kier molecular flexibility index (Phi) is 3.78. The molecule has 1 saturated heterocycles. The summed E-state index contributed by atoms with van der Waals surface area (Å²) in [6.45, 7) is 5.50. The molecular weight excluding hydrogens is 198 g/mol. The van der Waals surface area contributed by atoms with Crippen LogP contribution in [0.1, 0.15) is 18.4 Å². The van der Waals surface area contributed by atoms with Crippen molar-refractivity contribution in [2.24, 2.45) is 5.92 Å². The second kappa shape index (κ2) is 5.30. The highest BCUT2D eigenvalue weighted by Gasteiger charge is 2.15. The second-order valence-corrected chi connectivity index (χ2v) is 4.79. The van der Waals surface area contributed by atoms with Gasteiger partial charge in [-0.2, -0.15) is 0 Å². The molecule has 0 unspecified atom stereocenters. The van der Waals surface area contributed by atoms with E-state index >= 15 is 0 Å². The fourth-order valence-electron chi connectivity index (χ4n) is 2.25. The fraction of sp³-hybridized carbons (Fsp3) is 0.615. The lowest BCUT2D eigenvalue weighted by Gasteiger charge is -2.28. The standard InChI is InChI=1S/C13H21N3/c1-11-5-6-13(15-8-11)16(2)10-12-4-3-7-14-9-12/h5-6,8,12,14H,3-4,7,9-10H2,1-2H3/t12-/m0/s1. The summed E-state index contributed by atoms with van der Waals surface area (Å²) in [6, 6.07) is 4.23. The predicted octanol–water partition coefficient (Wildman–Crippen LogP) is 1.83. The van der Waals surface area contributed by atoms with E-state index in [0.29, 0.717) is 0 Å². The first-order valence-corrected chi connectivity index (χ1v) is 6.10. The molecule has 1 fully saturated rings. The largest absolute Gasteiger partial charge is 0.359 e. The van der Waals surface area contributed by atoms with E-state index in [-0.39, 0.29) is 0 Å². The molecule has 1 aliphatic heterocycles. The Bertz CT molecular complexity index is 314. The van der Waals surface area contributed by atoms with E-state index in [1.54, 1.807) is 0 Å². The third-order valence-corrected chi connectivity index (χ3v) is 3.22. The molecule has 0 radical (unpaired) electrons. The molecule has 0 aromatic carbocycles. The van der Waals surface area contributed by atoms with Gasteiger partial charge in [0.2, 0.25) is 0 Å². The van der Waals surface area contributed by atoms with Crippen LogP contribution in [0.15, 0.2) is 18.3 Å². The second-order valence-electron chi connectivity index (χ2n) is 4.79. The van der Waals surface area contributed by atoms with Gasteiger partial charge in [0, 0.05) is 19.8 Å². The minimum absolute atomic E-state index is 0.766. The van der Waals surface area contributed by atoms with E-state index in [2.05, 4.69) is 41.3 Å². The summed E-state index contributed by atoms with van der Waals surface area (Å²) >= 11 is 0. The van der Waals surface area contributed by atoms with E-state index in [0.717, 1.165) is 24.8 Å². The third-order valence-electron chi connectivity index (χ3n) is 3.22. The van der Waals surface area contributed by atoms with Crippen molar-refractivity contribution in [3.05, 3.63) is 23.9 Å². The van der Waals surface area contributed by atoms with Gasteiger partial charge in [-0.3, -0.25) is 0 Å². The van der Waals surface area contributed by atoms with E-state index in [4.69, 9.17) is 0 Å². The summed E-state index contributed by atoms with van der Waals surface area (Å²) in [4.78, 5) is 6.71. The minimum atomic E-state index is 0.766. The number of anilines is 1. The Morgan fingerprint density at radius 2 is 2.38 bits per heavy atom. The van der Waals surface area contributed by atoms with Gasteiger partial charge in [0.25, 0.3) is 0 Å². The van der Waals surface area contributed by atoms with Gasteiger partial charge < -0.3 is 10.2 Å².